The van der Waals surface area contributed by atoms with Crippen molar-refractivity contribution in [3.05, 3.63) is 17.2 Å². The van der Waals surface area contributed by atoms with Crippen LogP contribution in [-0.4, -0.2) is 27.7 Å². The lowest BCUT2D eigenvalue weighted by molar-refractivity contribution is 0.0689. The zero-order valence-corrected chi connectivity index (χ0v) is 8.79. The molecule has 5 nitrogen and oxygen atoms in total. The van der Waals surface area contributed by atoms with Gasteiger partial charge in [-0.1, -0.05) is 0 Å². The van der Waals surface area contributed by atoms with Crippen LogP contribution in [0.25, 0.3) is 0 Å². The van der Waals surface area contributed by atoms with E-state index in [4.69, 9.17) is 5.11 Å². The summed E-state index contributed by atoms with van der Waals surface area (Å²) in [5, 5.41) is 12.0. The first-order chi connectivity index (χ1) is 7.24. The van der Waals surface area contributed by atoms with Crippen LogP contribution in [0.2, 0.25) is 0 Å². The number of rotatable bonds is 3. The largest absolute Gasteiger partial charge is 0.476 e. The van der Waals surface area contributed by atoms with Gasteiger partial charge in [0.25, 0.3) is 0 Å². The van der Waals surface area contributed by atoms with Crippen molar-refractivity contribution in [2.24, 2.45) is 0 Å². The number of fused-ring (bicyclic) bond motifs is 1. The van der Waals surface area contributed by atoms with Gasteiger partial charge in [0.15, 0.2) is 5.69 Å². The number of nitrogens with zero attached hydrogens (tertiary/aromatic N) is 2. The molecule has 0 fully saturated rings. The van der Waals surface area contributed by atoms with E-state index in [2.05, 4.69) is 10.3 Å². The molecule has 0 unspecified atom stereocenters. The average molecular weight is 209 g/mol. The molecule has 2 rings (SSSR count). The van der Waals surface area contributed by atoms with Crippen LogP contribution in [0, 0.1) is 0 Å². The Bertz CT molecular complexity index is 384. The molecule has 0 atom stereocenters. The van der Waals surface area contributed by atoms with E-state index in [1.165, 1.54) is 0 Å². The van der Waals surface area contributed by atoms with E-state index in [1.807, 2.05) is 11.6 Å². The fourth-order valence-electron chi connectivity index (χ4n) is 2.08. The molecule has 0 spiro atoms. The van der Waals surface area contributed by atoms with Gasteiger partial charge in [-0.3, -0.25) is 0 Å². The molecule has 82 valence electrons. The molecule has 5 heteroatoms. The highest BCUT2D eigenvalue weighted by atomic mass is 16.4. The maximum absolute atomic E-state index is 11.0. The number of hydrogen-bond donors (Lipinski definition) is 2. The maximum Gasteiger partial charge on any atom is 0.356 e. The van der Waals surface area contributed by atoms with E-state index in [0.29, 0.717) is 6.54 Å². The van der Waals surface area contributed by atoms with E-state index >= 15 is 0 Å². The van der Waals surface area contributed by atoms with Crippen LogP contribution in [0.1, 0.15) is 34.8 Å². The van der Waals surface area contributed by atoms with Gasteiger partial charge >= 0.3 is 5.97 Å². The molecule has 0 saturated carbocycles. The Kier molecular flexibility index (Phi) is 2.73. The predicted octanol–water partition coefficient (Wildman–Crippen LogP) is 0.637. The highest BCUT2D eigenvalue weighted by Crippen LogP contribution is 2.20. The van der Waals surface area contributed by atoms with E-state index in [1.54, 1.807) is 0 Å². The Morgan fingerprint density at radius 1 is 1.60 bits per heavy atom. The second kappa shape index (κ2) is 4.02. The van der Waals surface area contributed by atoms with Crippen LogP contribution in [0.3, 0.4) is 0 Å². The average Bonchev–Trinajstić information content (AvgIpc) is 2.59. The van der Waals surface area contributed by atoms with Crippen molar-refractivity contribution in [2.45, 2.75) is 32.4 Å². The summed E-state index contributed by atoms with van der Waals surface area (Å²) in [7, 11) is 1.84. The van der Waals surface area contributed by atoms with Crippen molar-refractivity contribution in [1.82, 2.24) is 14.9 Å². The molecule has 1 aliphatic heterocycles. The Balaban J connectivity index is 2.44. The van der Waals surface area contributed by atoms with Gasteiger partial charge in [0.2, 0.25) is 0 Å². The normalized spacial score (nSPS) is 15.0. The smallest absolute Gasteiger partial charge is 0.356 e. The summed E-state index contributed by atoms with van der Waals surface area (Å²) < 4.78 is 2.05. The minimum Gasteiger partial charge on any atom is -0.476 e. The molecule has 0 bridgehead atoms. The van der Waals surface area contributed by atoms with Crippen molar-refractivity contribution in [2.75, 3.05) is 7.05 Å². The van der Waals surface area contributed by atoms with Crippen LogP contribution < -0.4 is 5.32 Å². The van der Waals surface area contributed by atoms with Gasteiger partial charge in [-0.25, -0.2) is 9.78 Å². The first kappa shape index (κ1) is 10.2. The minimum absolute atomic E-state index is 0.236. The fourth-order valence-corrected chi connectivity index (χ4v) is 2.08. The molecular formula is C10H15N3O2. The summed E-state index contributed by atoms with van der Waals surface area (Å²) in [6.07, 6.45) is 3.00. The van der Waals surface area contributed by atoms with E-state index in [0.717, 1.165) is 37.3 Å². The quantitative estimate of drug-likeness (QED) is 0.766. The van der Waals surface area contributed by atoms with Crippen LogP contribution in [-0.2, 0) is 19.5 Å². The number of carboxylic acid groups (broad SMARTS) is 1. The summed E-state index contributed by atoms with van der Waals surface area (Å²) in [6, 6.07) is 0. The molecule has 2 N–H and O–H groups in total. The zero-order chi connectivity index (χ0) is 10.8. The number of carboxylic acids is 1. The second-order valence-electron chi connectivity index (χ2n) is 3.77. The summed E-state index contributed by atoms with van der Waals surface area (Å²) in [6.45, 7) is 1.52. The molecular weight excluding hydrogens is 194 g/mol. The SMILES string of the molecule is CNCc1nc(C(=O)O)c2n1CCCC2. The van der Waals surface area contributed by atoms with Crippen LogP contribution in [0.15, 0.2) is 0 Å². The van der Waals surface area contributed by atoms with Crippen molar-refractivity contribution < 1.29 is 9.90 Å². The van der Waals surface area contributed by atoms with Crippen molar-refractivity contribution in [3.63, 3.8) is 0 Å². The molecule has 15 heavy (non-hydrogen) atoms. The molecule has 0 aromatic carbocycles. The third kappa shape index (κ3) is 1.74. The Morgan fingerprint density at radius 2 is 2.40 bits per heavy atom. The summed E-state index contributed by atoms with van der Waals surface area (Å²) in [4.78, 5) is 15.2. The first-order valence-electron chi connectivity index (χ1n) is 5.20. The third-order valence-electron chi connectivity index (χ3n) is 2.73. The van der Waals surface area contributed by atoms with E-state index < -0.39 is 5.97 Å². The molecule has 1 aliphatic rings. The molecule has 1 aromatic rings. The van der Waals surface area contributed by atoms with Gasteiger partial charge in [-0.05, 0) is 26.3 Å². The first-order valence-corrected chi connectivity index (χ1v) is 5.20. The lowest BCUT2D eigenvalue weighted by Crippen LogP contribution is -2.17. The van der Waals surface area contributed by atoms with Crippen molar-refractivity contribution in [3.8, 4) is 0 Å². The van der Waals surface area contributed by atoms with Crippen molar-refractivity contribution in [1.29, 1.82) is 0 Å². The Morgan fingerprint density at radius 3 is 3.07 bits per heavy atom. The summed E-state index contributed by atoms with van der Waals surface area (Å²) >= 11 is 0. The Labute approximate surface area is 88.1 Å². The minimum atomic E-state index is -0.914. The molecule has 0 radical (unpaired) electrons. The number of aromatic nitrogens is 2. The number of hydrogen-bond acceptors (Lipinski definition) is 3. The van der Waals surface area contributed by atoms with Gasteiger partial charge in [-0.15, -0.1) is 0 Å². The predicted molar refractivity (Wildman–Crippen MR) is 54.9 cm³/mol. The van der Waals surface area contributed by atoms with Crippen LogP contribution >= 0.6 is 0 Å². The highest BCUT2D eigenvalue weighted by molar-refractivity contribution is 5.86. The highest BCUT2D eigenvalue weighted by Gasteiger charge is 2.23. The maximum atomic E-state index is 11.0. The molecule has 0 amide bonds. The number of imidazole rings is 1. The monoisotopic (exact) mass is 209 g/mol. The van der Waals surface area contributed by atoms with Gasteiger partial charge in [0.1, 0.15) is 5.82 Å². The molecule has 0 saturated heterocycles. The fraction of sp³-hybridized carbons (Fsp3) is 0.600. The topological polar surface area (TPSA) is 67.2 Å². The number of carbonyl (C=O) groups is 1. The summed E-state index contributed by atoms with van der Waals surface area (Å²) in [5.74, 6) is -0.0763. The molecule has 0 aliphatic carbocycles. The van der Waals surface area contributed by atoms with Crippen LogP contribution in [0.5, 0.6) is 0 Å². The number of nitrogens with one attached hydrogen (secondary N) is 1. The standard InChI is InChI=1S/C10H15N3O2/c1-11-6-8-12-9(10(14)15)7-4-2-3-5-13(7)8/h11H,2-6H2,1H3,(H,14,15). The molecule has 2 heterocycles. The lowest BCUT2D eigenvalue weighted by atomic mass is 10.1. The van der Waals surface area contributed by atoms with Gasteiger partial charge in [0.05, 0.1) is 12.2 Å². The molecule has 1 aromatic heterocycles. The van der Waals surface area contributed by atoms with Gasteiger partial charge in [0, 0.05) is 6.54 Å². The van der Waals surface area contributed by atoms with E-state index in [9.17, 15) is 4.79 Å². The third-order valence-corrected chi connectivity index (χ3v) is 2.73. The van der Waals surface area contributed by atoms with Crippen LogP contribution in [0.4, 0.5) is 0 Å². The lowest BCUT2D eigenvalue weighted by Gasteiger charge is -2.16. The summed E-state index contributed by atoms with van der Waals surface area (Å²) in [5.41, 5.74) is 1.12. The second-order valence-corrected chi connectivity index (χ2v) is 3.77. The number of aromatic carboxylic acids is 1. The van der Waals surface area contributed by atoms with Crippen molar-refractivity contribution >= 4 is 5.97 Å². The van der Waals surface area contributed by atoms with E-state index in [-0.39, 0.29) is 5.69 Å². The zero-order valence-electron chi connectivity index (χ0n) is 8.79. The Hall–Kier alpha value is -1.36. The van der Waals surface area contributed by atoms with Gasteiger partial charge < -0.3 is 15.0 Å². The van der Waals surface area contributed by atoms with Gasteiger partial charge in [-0.2, -0.15) is 0 Å².